The first-order valence-corrected chi connectivity index (χ1v) is 3.70. The average molecular weight is 310 g/mol. The van der Waals surface area contributed by atoms with Gasteiger partial charge in [-0.05, 0) is 32.1 Å². The second-order valence-electron chi connectivity index (χ2n) is 3.23. The van der Waals surface area contributed by atoms with Crippen LogP contribution in [0.1, 0.15) is 33.1 Å². The molecule has 0 radical (unpaired) electrons. The minimum Gasteiger partial charge on any atom is -0.300 e. The molecule has 0 N–H and O–H groups in total. The maximum Gasteiger partial charge on any atom is 0.132 e. The van der Waals surface area contributed by atoms with Crippen LogP contribution < -0.4 is 0 Å². The van der Waals surface area contributed by atoms with Gasteiger partial charge in [-0.1, -0.05) is 6.92 Å². The third-order valence-corrected chi connectivity index (χ3v) is 2.27. The van der Waals surface area contributed by atoms with Crippen LogP contribution >= 0.6 is 0 Å². The molecule has 0 saturated heterocycles. The van der Waals surface area contributed by atoms with Crippen LogP contribution in [0.4, 0.5) is 0 Å². The Morgan fingerprint density at radius 1 is 1.40 bits per heavy atom. The molecule has 1 aliphatic carbocycles. The van der Waals surface area contributed by atoms with Gasteiger partial charge in [0.25, 0.3) is 0 Å². The first-order valence-electron chi connectivity index (χ1n) is 3.70. The van der Waals surface area contributed by atoms with Crippen LogP contribution in [0.25, 0.3) is 0 Å². The van der Waals surface area contributed by atoms with Gasteiger partial charge in [0.15, 0.2) is 0 Å². The number of hydrogen-bond acceptors (Lipinski definition) is 1. The predicted octanol–water partition coefficient (Wildman–Crippen LogP) is 2.01. The molecule has 0 heterocycles. The molecule has 1 fully saturated rings. The van der Waals surface area contributed by atoms with Crippen molar-refractivity contribution in [2.45, 2.75) is 33.1 Å². The largest absolute Gasteiger partial charge is 0.300 e. The van der Waals surface area contributed by atoms with E-state index in [1.54, 1.807) is 6.92 Å². The second-order valence-corrected chi connectivity index (χ2v) is 3.23. The van der Waals surface area contributed by atoms with Crippen molar-refractivity contribution in [1.29, 1.82) is 0 Å². The first-order chi connectivity index (χ1) is 4.20. The number of ketones is 1. The molecular formula is C8H14OW. The SMILES string of the molecule is CC(=O)C1CCC(C)C1.[W]. The smallest absolute Gasteiger partial charge is 0.132 e. The summed E-state index contributed by atoms with van der Waals surface area (Å²) in [5.41, 5.74) is 0. The van der Waals surface area contributed by atoms with Crippen molar-refractivity contribution in [2.24, 2.45) is 11.8 Å². The molecule has 0 aromatic carbocycles. The van der Waals surface area contributed by atoms with Gasteiger partial charge in [-0.25, -0.2) is 0 Å². The van der Waals surface area contributed by atoms with Gasteiger partial charge in [0.05, 0.1) is 0 Å². The molecule has 1 saturated carbocycles. The number of hydrogen-bond donors (Lipinski definition) is 0. The Balaban J connectivity index is 0.000000810. The Morgan fingerprint density at radius 3 is 2.20 bits per heavy atom. The van der Waals surface area contributed by atoms with Crippen LogP contribution in [0, 0.1) is 11.8 Å². The average Bonchev–Trinajstić information content (AvgIpc) is 2.14. The van der Waals surface area contributed by atoms with Crippen LogP contribution in [-0.4, -0.2) is 5.78 Å². The van der Waals surface area contributed by atoms with Gasteiger partial charge in [-0.2, -0.15) is 0 Å². The van der Waals surface area contributed by atoms with E-state index in [1.165, 1.54) is 6.42 Å². The number of carbonyl (C=O) groups excluding carboxylic acids is 1. The van der Waals surface area contributed by atoms with Crippen LogP contribution in [0.2, 0.25) is 0 Å². The van der Waals surface area contributed by atoms with E-state index in [0.29, 0.717) is 11.7 Å². The standard InChI is InChI=1S/C8H14O.W/c1-6-3-4-8(5-6)7(2)9;/h6,8H,3-5H2,1-2H3;. The van der Waals surface area contributed by atoms with E-state index in [2.05, 4.69) is 6.92 Å². The van der Waals surface area contributed by atoms with Gasteiger partial charge < -0.3 is 0 Å². The van der Waals surface area contributed by atoms with Crippen molar-refractivity contribution in [2.75, 3.05) is 0 Å². The summed E-state index contributed by atoms with van der Waals surface area (Å²) in [6, 6.07) is 0. The van der Waals surface area contributed by atoms with Gasteiger partial charge in [-0.3, -0.25) is 4.79 Å². The monoisotopic (exact) mass is 310 g/mol. The molecule has 2 unspecified atom stereocenters. The van der Waals surface area contributed by atoms with Crippen LogP contribution in [0.15, 0.2) is 0 Å². The van der Waals surface area contributed by atoms with E-state index in [9.17, 15) is 4.79 Å². The van der Waals surface area contributed by atoms with Crippen molar-refractivity contribution in [3.63, 3.8) is 0 Å². The van der Waals surface area contributed by atoms with Crippen molar-refractivity contribution in [3.8, 4) is 0 Å². The molecule has 0 aliphatic heterocycles. The van der Waals surface area contributed by atoms with Crippen molar-refractivity contribution < 1.29 is 25.9 Å². The molecular weight excluding hydrogens is 296 g/mol. The molecule has 2 atom stereocenters. The topological polar surface area (TPSA) is 17.1 Å². The molecule has 0 spiro atoms. The summed E-state index contributed by atoms with van der Waals surface area (Å²) in [5.74, 6) is 1.58. The Kier molecular flexibility index (Phi) is 4.43. The van der Waals surface area contributed by atoms with Gasteiger partial charge >= 0.3 is 0 Å². The fraction of sp³-hybridized carbons (Fsp3) is 0.875. The Morgan fingerprint density at radius 2 is 2.00 bits per heavy atom. The van der Waals surface area contributed by atoms with Gasteiger partial charge in [-0.15, -0.1) is 0 Å². The molecule has 58 valence electrons. The first kappa shape index (κ1) is 10.4. The quantitative estimate of drug-likeness (QED) is 0.724. The van der Waals surface area contributed by atoms with E-state index in [0.717, 1.165) is 18.8 Å². The van der Waals surface area contributed by atoms with E-state index in [4.69, 9.17) is 0 Å². The summed E-state index contributed by atoms with van der Waals surface area (Å²) < 4.78 is 0. The fourth-order valence-corrected chi connectivity index (χ4v) is 1.58. The maximum absolute atomic E-state index is 10.8. The zero-order valence-electron chi connectivity index (χ0n) is 6.59. The van der Waals surface area contributed by atoms with Crippen LogP contribution in [-0.2, 0) is 25.9 Å². The van der Waals surface area contributed by atoms with E-state index < -0.39 is 0 Å². The molecule has 1 nitrogen and oxygen atoms in total. The molecule has 0 aromatic rings. The third-order valence-electron chi connectivity index (χ3n) is 2.27. The molecule has 10 heavy (non-hydrogen) atoms. The zero-order chi connectivity index (χ0) is 6.85. The molecule has 2 heteroatoms. The molecule has 0 bridgehead atoms. The van der Waals surface area contributed by atoms with Gasteiger partial charge in [0.1, 0.15) is 5.78 Å². The fourth-order valence-electron chi connectivity index (χ4n) is 1.58. The summed E-state index contributed by atoms with van der Waals surface area (Å²) in [6.07, 6.45) is 3.52. The Hall–Kier alpha value is 0.358. The number of Topliss-reactive ketones (excluding diaryl/α,β-unsaturated/α-hetero) is 1. The summed E-state index contributed by atoms with van der Waals surface area (Å²) in [7, 11) is 0. The number of rotatable bonds is 1. The summed E-state index contributed by atoms with van der Waals surface area (Å²) in [4.78, 5) is 10.8. The van der Waals surface area contributed by atoms with E-state index >= 15 is 0 Å². The van der Waals surface area contributed by atoms with Crippen molar-refractivity contribution in [1.82, 2.24) is 0 Å². The van der Waals surface area contributed by atoms with Crippen molar-refractivity contribution >= 4 is 5.78 Å². The molecule has 1 aliphatic rings. The minimum absolute atomic E-state index is 0. The normalized spacial score (nSPS) is 31.4. The zero-order valence-corrected chi connectivity index (χ0v) is 9.53. The minimum atomic E-state index is 0. The molecule has 0 amide bonds. The third kappa shape index (κ3) is 2.54. The Bertz CT molecular complexity index is 122. The predicted molar refractivity (Wildman–Crippen MR) is 37.2 cm³/mol. The van der Waals surface area contributed by atoms with Crippen LogP contribution in [0.3, 0.4) is 0 Å². The maximum atomic E-state index is 10.8. The molecule has 0 aromatic heterocycles. The van der Waals surface area contributed by atoms with Gasteiger partial charge in [0.2, 0.25) is 0 Å². The second kappa shape index (κ2) is 4.28. The summed E-state index contributed by atoms with van der Waals surface area (Å²) in [5, 5.41) is 0. The summed E-state index contributed by atoms with van der Waals surface area (Å²) in [6.45, 7) is 3.94. The van der Waals surface area contributed by atoms with E-state index in [1.807, 2.05) is 0 Å². The molecule has 1 rings (SSSR count). The Labute approximate surface area is 76.8 Å². The van der Waals surface area contributed by atoms with Gasteiger partial charge in [0, 0.05) is 27.0 Å². The van der Waals surface area contributed by atoms with E-state index in [-0.39, 0.29) is 21.1 Å². The van der Waals surface area contributed by atoms with Crippen LogP contribution in [0.5, 0.6) is 0 Å². The summed E-state index contributed by atoms with van der Waals surface area (Å²) >= 11 is 0. The van der Waals surface area contributed by atoms with Crippen molar-refractivity contribution in [3.05, 3.63) is 0 Å². The number of carbonyl (C=O) groups is 1.